The molecule has 3 heteroatoms. The van der Waals surface area contributed by atoms with Gasteiger partial charge in [-0.3, -0.25) is 0 Å². The van der Waals surface area contributed by atoms with Crippen LogP contribution in [0.1, 0.15) is 31.1 Å². The maximum absolute atomic E-state index is 5.96. The Morgan fingerprint density at radius 3 is 2.92 bits per heavy atom. The molecule has 1 heterocycles. The molecule has 2 atom stereocenters. The molecule has 1 aliphatic carbocycles. The van der Waals surface area contributed by atoms with E-state index in [9.17, 15) is 0 Å². The molecule has 0 bridgehead atoms. The van der Waals surface area contributed by atoms with Gasteiger partial charge in [-0.1, -0.05) is 6.92 Å². The number of halogens is 1. The minimum Gasteiger partial charge on any atom is -0.328 e. The Hall–Kier alpha value is 0.140. The van der Waals surface area contributed by atoms with E-state index in [0.29, 0.717) is 11.5 Å². The van der Waals surface area contributed by atoms with Crippen LogP contribution < -0.4 is 5.73 Å². The summed E-state index contributed by atoms with van der Waals surface area (Å²) in [5.41, 5.74) is 6.28. The van der Waals surface area contributed by atoms with Crippen molar-refractivity contribution in [2.75, 3.05) is 0 Å². The van der Waals surface area contributed by atoms with Crippen LogP contribution in [-0.2, 0) is 5.41 Å². The number of rotatable bonds is 1. The Balaban J connectivity index is 2.30. The lowest BCUT2D eigenvalue weighted by atomic mass is 9.87. The fourth-order valence-corrected chi connectivity index (χ4v) is 4.27. The molecule has 0 amide bonds. The number of hydrogen-bond donors (Lipinski definition) is 1. The van der Waals surface area contributed by atoms with Gasteiger partial charge in [0.05, 0.1) is 0 Å². The molecule has 2 rings (SSSR count). The van der Waals surface area contributed by atoms with Gasteiger partial charge in [-0.15, -0.1) is 11.3 Å². The van der Waals surface area contributed by atoms with E-state index in [-0.39, 0.29) is 0 Å². The third-order valence-corrected chi connectivity index (χ3v) is 5.09. The average Bonchev–Trinajstić information content (AvgIpc) is 2.59. The first kappa shape index (κ1) is 9.69. The molecule has 1 nitrogen and oxygen atoms in total. The fraction of sp³-hybridized carbons (Fsp3) is 0.600. The van der Waals surface area contributed by atoms with Crippen LogP contribution >= 0.6 is 27.3 Å². The van der Waals surface area contributed by atoms with Crippen LogP contribution in [0.2, 0.25) is 0 Å². The zero-order valence-electron chi connectivity index (χ0n) is 7.72. The van der Waals surface area contributed by atoms with Gasteiger partial charge in [0.25, 0.3) is 0 Å². The lowest BCUT2D eigenvalue weighted by molar-refractivity contribution is 0.490. The first-order valence-electron chi connectivity index (χ1n) is 4.61. The Bertz CT molecular complexity index is 310. The maximum atomic E-state index is 5.96. The molecule has 0 aromatic carbocycles. The summed E-state index contributed by atoms with van der Waals surface area (Å²) < 4.78 is 1.26. The van der Waals surface area contributed by atoms with Crippen molar-refractivity contribution in [3.8, 4) is 0 Å². The van der Waals surface area contributed by atoms with Crippen molar-refractivity contribution >= 4 is 27.3 Å². The summed E-state index contributed by atoms with van der Waals surface area (Å²) in [5, 5.41) is 2.15. The van der Waals surface area contributed by atoms with Gasteiger partial charge in [0, 0.05) is 20.8 Å². The SMILES string of the molecule is CC1(c2sccc2Br)CCC(N)C1. The molecule has 0 aliphatic heterocycles. The van der Waals surface area contributed by atoms with Gasteiger partial charge in [-0.2, -0.15) is 0 Å². The van der Waals surface area contributed by atoms with Crippen molar-refractivity contribution in [3.05, 3.63) is 20.8 Å². The zero-order chi connectivity index (χ0) is 9.47. The van der Waals surface area contributed by atoms with Gasteiger partial charge in [0.1, 0.15) is 0 Å². The first-order valence-corrected chi connectivity index (χ1v) is 6.28. The van der Waals surface area contributed by atoms with Crippen LogP contribution in [-0.4, -0.2) is 6.04 Å². The van der Waals surface area contributed by atoms with E-state index in [1.165, 1.54) is 22.2 Å². The largest absolute Gasteiger partial charge is 0.328 e. The van der Waals surface area contributed by atoms with Crippen LogP contribution in [0.3, 0.4) is 0 Å². The normalized spacial score (nSPS) is 33.9. The monoisotopic (exact) mass is 259 g/mol. The highest BCUT2D eigenvalue weighted by Crippen LogP contribution is 2.45. The Kier molecular flexibility index (Phi) is 2.51. The molecule has 72 valence electrons. The Morgan fingerprint density at radius 2 is 2.46 bits per heavy atom. The molecule has 0 saturated heterocycles. The molecule has 13 heavy (non-hydrogen) atoms. The second-order valence-electron chi connectivity index (χ2n) is 4.16. The summed E-state index contributed by atoms with van der Waals surface area (Å²) >= 11 is 5.45. The second-order valence-corrected chi connectivity index (χ2v) is 5.93. The van der Waals surface area contributed by atoms with Crippen LogP contribution in [0.15, 0.2) is 15.9 Å². The van der Waals surface area contributed by atoms with Crippen LogP contribution in [0, 0.1) is 0 Å². The summed E-state index contributed by atoms with van der Waals surface area (Å²) in [6.07, 6.45) is 3.53. The fourth-order valence-electron chi connectivity index (χ4n) is 2.22. The van der Waals surface area contributed by atoms with E-state index in [1.54, 1.807) is 0 Å². The molecule has 1 aliphatic rings. The number of thiophene rings is 1. The van der Waals surface area contributed by atoms with Gasteiger partial charge < -0.3 is 5.73 Å². The molecule has 1 fully saturated rings. The lowest BCUT2D eigenvalue weighted by Crippen LogP contribution is -2.21. The molecular formula is C10H14BrNS. The molecule has 2 unspecified atom stereocenters. The molecule has 1 saturated carbocycles. The summed E-state index contributed by atoms with van der Waals surface area (Å²) in [6, 6.07) is 2.54. The van der Waals surface area contributed by atoms with Crippen molar-refractivity contribution in [3.63, 3.8) is 0 Å². The molecule has 2 N–H and O–H groups in total. The van der Waals surface area contributed by atoms with Gasteiger partial charge in [0.2, 0.25) is 0 Å². The summed E-state index contributed by atoms with van der Waals surface area (Å²) in [5.74, 6) is 0. The van der Waals surface area contributed by atoms with Gasteiger partial charge >= 0.3 is 0 Å². The van der Waals surface area contributed by atoms with E-state index in [0.717, 1.165) is 6.42 Å². The number of nitrogens with two attached hydrogens (primary N) is 1. The predicted octanol–water partition coefficient (Wildman–Crippen LogP) is 3.28. The van der Waals surface area contributed by atoms with Crippen molar-refractivity contribution in [1.29, 1.82) is 0 Å². The topological polar surface area (TPSA) is 26.0 Å². The molecule has 1 aromatic rings. The molecule has 0 radical (unpaired) electrons. The Labute approximate surface area is 91.5 Å². The van der Waals surface area contributed by atoms with Crippen LogP contribution in [0.4, 0.5) is 0 Å². The van der Waals surface area contributed by atoms with E-state index in [1.807, 2.05) is 11.3 Å². The van der Waals surface area contributed by atoms with Crippen molar-refractivity contribution < 1.29 is 0 Å². The van der Waals surface area contributed by atoms with Crippen molar-refractivity contribution in [1.82, 2.24) is 0 Å². The molecule has 1 aromatic heterocycles. The minimum absolute atomic E-state index is 0.326. The standard InChI is InChI=1S/C10H14BrNS/c1-10(4-2-7(12)6-10)9-8(11)3-5-13-9/h3,5,7H,2,4,6,12H2,1H3. The molecular weight excluding hydrogens is 246 g/mol. The summed E-state index contributed by atoms with van der Waals surface area (Å²) in [4.78, 5) is 1.47. The predicted molar refractivity (Wildman–Crippen MR) is 61.2 cm³/mol. The Morgan fingerprint density at radius 1 is 1.69 bits per heavy atom. The quantitative estimate of drug-likeness (QED) is 0.823. The summed E-state index contributed by atoms with van der Waals surface area (Å²) in [6.45, 7) is 2.33. The third-order valence-electron chi connectivity index (χ3n) is 2.94. The number of hydrogen-bond acceptors (Lipinski definition) is 2. The van der Waals surface area contributed by atoms with Crippen molar-refractivity contribution in [2.45, 2.75) is 37.6 Å². The lowest BCUT2D eigenvalue weighted by Gasteiger charge is -2.22. The summed E-state index contributed by atoms with van der Waals surface area (Å²) in [7, 11) is 0. The zero-order valence-corrected chi connectivity index (χ0v) is 10.1. The first-order chi connectivity index (χ1) is 6.12. The van der Waals surface area contributed by atoms with E-state index >= 15 is 0 Å². The molecule has 0 spiro atoms. The minimum atomic E-state index is 0.326. The van der Waals surface area contributed by atoms with Crippen molar-refractivity contribution in [2.24, 2.45) is 5.73 Å². The third kappa shape index (κ3) is 1.69. The van der Waals surface area contributed by atoms with Gasteiger partial charge in [-0.25, -0.2) is 0 Å². The smallest absolute Gasteiger partial charge is 0.0320 e. The van der Waals surface area contributed by atoms with Gasteiger partial charge in [-0.05, 0) is 46.6 Å². The van der Waals surface area contributed by atoms with E-state index < -0.39 is 0 Å². The highest BCUT2D eigenvalue weighted by Gasteiger charge is 2.36. The van der Waals surface area contributed by atoms with E-state index in [2.05, 4.69) is 34.3 Å². The maximum Gasteiger partial charge on any atom is 0.0320 e. The van der Waals surface area contributed by atoms with Crippen LogP contribution in [0.25, 0.3) is 0 Å². The van der Waals surface area contributed by atoms with Crippen LogP contribution in [0.5, 0.6) is 0 Å². The van der Waals surface area contributed by atoms with Gasteiger partial charge in [0.15, 0.2) is 0 Å². The highest BCUT2D eigenvalue weighted by molar-refractivity contribution is 9.10. The second kappa shape index (κ2) is 3.37. The van der Waals surface area contributed by atoms with E-state index in [4.69, 9.17) is 5.73 Å². The average molecular weight is 260 g/mol. The highest BCUT2D eigenvalue weighted by atomic mass is 79.9.